The molecule has 1 heterocycles. The largest absolute Gasteiger partial charge is 0.354 e. The summed E-state index contributed by atoms with van der Waals surface area (Å²) in [5, 5.41) is 4.70. The Morgan fingerprint density at radius 3 is 2.20 bits per heavy atom. The minimum Gasteiger partial charge on any atom is -0.354 e. The second-order valence-corrected chi connectivity index (χ2v) is 5.21. The molecule has 0 fully saturated rings. The smallest absolute Gasteiger partial charge is 0.305 e. The molecule has 0 aromatic rings. The molecular formula is C8H14N2O4S. The Hall–Kier alpha value is -1.08. The second kappa shape index (κ2) is 3.82. The first-order chi connectivity index (χ1) is 6.73. The lowest BCUT2D eigenvalue weighted by molar-refractivity contribution is -0.118. The van der Waals surface area contributed by atoms with Gasteiger partial charge in [0.1, 0.15) is 0 Å². The van der Waals surface area contributed by atoms with Crippen molar-refractivity contribution < 1.29 is 17.8 Å². The van der Waals surface area contributed by atoms with Gasteiger partial charge in [-0.05, 0) is 12.8 Å². The van der Waals surface area contributed by atoms with Crippen molar-refractivity contribution in [3.05, 3.63) is 11.3 Å². The van der Waals surface area contributed by atoms with Crippen LogP contribution in [-0.2, 0) is 14.9 Å². The number of rotatable bonds is 2. The normalized spacial score (nSPS) is 22.7. The topological polar surface area (TPSA) is 95.5 Å². The lowest BCUT2D eigenvalue weighted by Crippen LogP contribution is -2.54. The summed E-state index contributed by atoms with van der Waals surface area (Å²) in [5.74, 6) is -0.483. The van der Waals surface area contributed by atoms with Crippen molar-refractivity contribution in [2.24, 2.45) is 5.92 Å². The SMILES string of the molecule is CC1=C(C(C)C)C(=O)NC(S(=O)(=O)O)N1. The Morgan fingerprint density at radius 1 is 1.33 bits per heavy atom. The minimum atomic E-state index is -4.32. The van der Waals surface area contributed by atoms with Crippen LogP contribution in [0.5, 0.6) is 0 Å². The third-order valence-electron chi connectivity index (χ3n) is 2.13. The highest BCUT2D eigenvalue weighted by atomic mass is 32.2. The van der Waals surface area contributed by atoms with E-state index in [0.717, 1.165) is 0 Å². The molecule has 1 unspecified atom stereocenters. The molecule has 0 aliphatic carbocycles. The first-order valence-electron chi connectivity index (χ1n) is 4.48. The van der Waals surface area contributed by atoms with Gasteiger partial charge in [-0.2, -0.15) is 8.42 Å². The predicted octanol–water partition coefficient (Wildman–Crippen LogP) is -0.193. The molecular weight excluding hydrogens is 220 g/mol. The van der Waals surface area contributed by atoms with Gasteiger partial charge in [0.25, 0.3) is 5.91 Å². The first-order valence-corrected chi connectivity index (χ1v) is 5.98. The highest BCUT2D eigenvalue weighted by Crippen LogP contribution is 2.17. The molecule has 1 rings (SSSR count). The molecule has 15 heavy (non-hydrogen) atoms. The fourth-order valence-electron chi connectivity index (χ4n) is 1.52. The summed E-state index contributed by atoms with van der Waals surface area (Å²) >= 11 is 0. The summed E-state index contributed by atoms with van der Waals surface area (Å²) in [4.78, 5) is 11.5. The van der Waals surface area contributed by atoms with E-state index < -0.39 is 21.5 Å². The van der Waals surface area contributed by atoms with Crippen molar-refractivity contribution in [2.45, 2.75) is 26.3 Å². The Morgan fingerprint density at radius 2 is 1.87 bits per heavy atom. The number of hydrogen-bond donors (Lipinski definition) is 3. The Labute approximate surface area is 88.5 Å². The average Bonchev–Trinajstić information content (AvgIpc) is 1.99. The van der Waals surface area contributed by atoms with E-state index in [4.69, 9.17) is 4.55 Å². The van der Waals surface area contributed by atoms with Crippen LogP contribution in [0.2, 0.25) is 0 Å². The van der Waals surface area contributed by atoms with E-state index >= 15 is 0 Å². The van der Waals surface area contributed by atoms with Crippen molar-refractivity contribution in [3.8, 4) is 0 Å². The molecule has 0 aromatic carbocycles. The van der Waals surface area contributed by atoms with E-state index in [1.54, 1.807) is 6.92 Å². The number of carbonyl (C=O) groups excluding carboxylic acids is 1. The van der Waals surface area contributed by atoms with E-state index in [1.165, 1.54) is 0 Å². The Bertz CT molecular complexity index is 410. The van der Waals surface area contributed by atoms with Gasteiger partial charge in [0.05, 0.1) is 0 Å². The van der Waals surface area contributed by atoms with Gasteiger partial charge in [0.2, 0.25) is 5.50 Å². The Kier molecular flexibility index (Phi) is 3.05. The first kappa shape index (κ1) is 12.0. The van der Waals surface area contributed by atoms with Gasteiger partial charge in [0.15, 0.2) is 0 Å². The van der Waals surface area contributed by atoms with Crippen LogP contribution < -0.4 is 10.6 Å². The molecule has 0 saturated carbocycles. The van der Waals surface area contributed by atoms with Gasteiger partial charge in [-0.1, -0.05) is 13.8 Å². The molecule has 86 valence electrons. The maximum Gasteiger partial charge on any atom is 0.305 e. The number of allylic oxidation sites excluding steroid dienone is 1. The fraction of sp³-hybridized carbons (Fsp3) is 0.625. The van der Waals surface area contributed by atoms with Crippen LogP contribution in [0, 0.1) is 5.92 Å². The van der Waals surface area contributed by atoms with Crippen LogP contribution in [0.15, 0.2) is 11.3 Å². The lowest BCUT2D eigenvalue weighted by atomic mass is 9.99. The molecule has 1 amide bonds. The molecule has 6 nitrogen and oxygen atoms in total. The zero-order chi connectivity index (χ0) is 11.8. The molecule has 0 bridgehead atoms. The summed E-state index contributed by atoms with van der Waals surface area (Å²) in [7, 11) is -4.32. The molecule has 1 aliphatic rings. The van der Waals surface area contributed by atoms with Gasteiger partial charge in [0, 0.05) is 11.3 Å². The monoisotopic (exact) mass is 234 g/mol. The minimum absolute atomic E-state index is 0.0140. The number of amides is 1. The molecule has 1 aliphatic heterocycles. The van der Waals surface area contributed by atoms with Gasteiger partial charge in [-0.15, -0.1) is 0 Å². The standard InChI is InChI=1S/C8H14N2O4S/c1-4(2)6-5(3)9-8(10-7(6)11)15(12,13)14/h4,8-9H,1-3H3,(H,10,11)(H,12,13,14). The Balaban J connectivity index is 3.05. The second-order valence-electron chi connectivity index (χ2n) is 3.71. The third-order valence-corrected chi connectivity index (χ3v) is 2.97. The van der Waals surface area contributed by atoms with Crippen LogP contribution in [0.3, 0.4) is 0 Å². The van der Waals surface area contributed by atoms with E-state index in [1.807, 2.05) is 13.8 Å². The zero-order valence-corrected chi connectivity index (χ0v) is 9.55. The van der Waals surface area contributed by atoms with Crippen LogP contribution in [-0.4, -0.2) is 24.4 Å². The summed E-state index contributed by atoms with van der Waals surface area (Å²) in [6.07, 6.45) is 0. The third kappa shape index (κ3) is 2.48. The predicted molar refractivity (Wildman–Crippen MR) is 54.2 cm³/mol. The summed E-state index contributed by atoms with van der Waals surface area (Å²) < 4.78 is 30.4. The number of hydrogen-bond acceptors (Lipinski definition) is 4. The van der Waals surface area contributed by atoms with Crippen molar-refractivity contribution in [2.75, 3.05) is 0 Å². The molecule has 0 spiro atoms. The molecule has 3 N–H and O–H groups in total. The highest BCUT2D eigenvalue weighted by molar-refractivity contribution is 7.86. The molecule has 0 aromatic heterocycles. The molecule has 0 radical (unpaired) electrons. The summed E-state index contributed by atoms with van der Waals surface area (Å²) in [6.45, 7) is 5.26. The summed E-state index contributed by atoms with van der Waals surface area (Å²) in [6, 6.07) is 0. The van der Waals surface area contributed by atoms with Crippen molar-refractivity contribution >= 4 is 16.0 Å². The van der Waals surface area contributed by atoms with E-state index in [2.05, 4.69) is 10.6 Å². The number of nitrogens with one attached hydrogen (secondary N) is 2. The highest BCUT2D eigenvalue weighted by Gasteiger charge is 2.32. The molecule has 0 saturated heterocycles. The van der Waals surface area contributed by atoms with Crippen LogP contribution in [0.25, 0.3) is 0 Å². The van der Waals surface area contributed by atoms with Crippen molar-refractivity contribution in [1.82, 2.24) is 10.6 Å². The van der Waals surface area contributed by atoms with Crippen molar-refractivity contribution in [3.63, 3.8) is 0 Å². The fourth-order valence-corrected chi connectivity index (χ4v) is 2.10. The van der Waals surface area contributed by atoms with E-state index in [9.17, 15) is 13.2 Å². The van der Waals surface area contributed by atoms with Gasteiger partial charge < -0.3 is 10.6 Å². The van der Waals surface area contributed by atoms with E-state index in [-0.39, 0.29) is 5.92 Å². The van der Waals surface area contributed by atoms with E-state index in [0.29, 0.717) is 11.3 Å². The quantitative estimate of drug-likeness (QED) is 0.575. The van der Waals surface area contributed by atoms with Crippen molar-refractivity contribution in [1.29, 1.82) is 0 Å². The van der Waals surface area contributed by atoms with Gasteiger partial charge in [-0.3, -0.25) is 9.35 Å². The van der Waals surface area contributed by atoms with Gasteiger partial charge >= 0.3 is 10.1 Å². The molecule has 7 heteroatoms. The molecule has 1 atom stereocenters. The zero-order valence-electron chi connectivity index (χ0n) is 8.73. The summed E-state index contributed by atoms with van der Waals surface area (Å²) in [5.41, 5.74) is -0.487. The van der Waals surface area contributed by atoms with Gasteiger partial charge in [-0.25, -0.2) is 0 Å². The average molecular weight is 234 g/mol. The van der Waals surface area contributed by atoms with Crippen LogP contribution in [0.1, 0.15) is 20.8 Å². The number of carbonyl (C=O) groups is 1. The van der Waals surface area contributed by atoms with Crippen LogP contribution >= 0.6 is 0 Å². The maximum absolute atomic E-state index is 11.5. The lowest BCUT2D eigenvalue weighted by Gasteiger charge is -2.28. The maximum atomic E-state index is 11.5. The van der Waals surface area contributed by atoms with Crippen LogP contribution in [0.4, 0.5) is 0 Å².